The van der Waals surface area contributed by atoms with Crippen molar-refractivity contribution in [3.8, 4) is 0 Å². The minimum absolute atomic E-state index is 0. The van der Waals surface area contributed by atoms with Gasteiger partial charge in [-0.1, -0.05) is 0 Å². The van der Waals surface area contributed by atoms with Crippen molar-refractivity contribution < 1.29 is 31.4 Å². The third kappa shape index (κ3) is 4.47. The smallest absolute Gasteiger partial charge is 0.276 e. The van der Waals surface area contributed by atoms with Crippen molar-refractivity contribution in [2.45, 2.75) is 18.7 Å². The van der Waals surface area contributed by atoms with Crippen LogP contribution in [0.1, 0.15) is 6.42 Å². The van der Waals surface area contributed by atoms with Crippen LogP contribution in [0.15, 0.2) is 0 Å². The van der Waals surface area contributed by atoms with Gasteiger partial charge in [-0.2, -0.15) is 0 Å². The molecule has 0 aromatic heterocycles. The number of hydrogen-bond acceptors (Lipinski definition) is 4. The lowest BCUT2D eigenvalue weighted by molar-refractivity contribution is -0.891. The van der Waals surface area contributed by atoms with Crippen molar-refractivity contribution in [3.63, 3.8) is 0 Å². The molecule has 4 N–H and O–H groups in total. The van der Waals surface area contributed by atoms with Crippen LogP contribution >= 0.6 is 0 Å². The summed E-state index contributed by atoms with van der Waals surface area (Å²) in [7, 11) is 2.03. The zero-order valence-corrected chi connectivity index (χ0v) is 12.4. The Hall–Kier alpha value is -0.210. The number of nitrogens with zero attached hydrogens (tertiary/aromatic N) is 1. The molecule has 0 spiro atoms. The molecule has 2 heterocycles. The summed E-state index contributed by atoms with van der Waals surface area (Å²) in [6, 6.07) is 0. The summed E-state index contributed by atoms with van der Waals surface area (Å²) in [6.07, 6.45) is 0.588. The molecule has 2 aliphatic heterocycles. The SMILES string of the molecule is C[N@@+]1(CC(=O)NC2CNCCN2)CCC(O)C1.[Br-]. The highest BCUT2D eigenvalue weighted by Crippen LogP contribution is 2.16. The van der Waals surface area contributed by atoms with Gasteiger partial charge in [0.2, 0.25) is 0 Å². The molecule has 2 aliphatic rings. The van der Waals surface area contributed by atoms with Crippen molar-refractivity contribution in [1.29, 1.82) is 0 Å². The van der Waals surface area contributed by atoms with E-state index in [4.69, 9.17) is 0 Å². The zero-order valence-electron chi connectivity index (χ0n) is 10.8. The van der Waals surface area contributed by atoms with Crippen LogP contribution in [0.5, 0.6) is 0 Å². The Balaban J connectivity index is 0.00000162. The van der Waals surface area contributed by atoms with E-state index in [1.54, 1.807) is 0 Å². The Bertz CT molecular complexity index is 286. The largest absolute Gasteiger partial charge is 1.00 e. The van der Waals surface area contributed by atoms with Gasteiger partial charge in [-0.05, 0) is 0 Å². The van der Waals surface area contributed by atoms with Crippen molar-refractivity contribution in [3.05, 3.63) is 0 Å². The second-order valence-electron chi connectivity index (χ2n) is 5.40. The molecule has 0 aromatic rings. The fraction of sp³-hybridized carbons (Fsp3) is 0.909. The van der Waals surface area contributed by atoms with Gasteiger partial charge in [-0.3, -0.25) is 10.1 Å². The molecule has 2 fully saturated rings. The Morgan fingerprint density at radius 3 is 2.83 bits per heavy atom. The van der Waals surface area contributed by atoms with E-state index in [1.807, 2.05) is 7.05 Å². The van der Waals surface area contributed by atoms with Crippen LogP contribution in [0.25, 0.3) is 0 Å². The number of aliphatic hydroxyl groups is 1. The highest BCUT2D eigenvalue weighted by molar-refractivity contribution is 5.77. The van der Waals surface area contributed by atoms with Gasteiger partial charge in [0, 0.05) is 26.1 Å². The van der Waals surface area contributed by atoms with E-state index in [2.05, 4.69) is 16.0 Å². The number of nitrogens with one attached hydrogen (secondary N) is 3. The van der Waals surface area contributed by atoms with Crippen LogP contribution in [0.2, 0.25) is 0 Å². The Morgan fingerprint density at radius 2 is 2.28 bits per heavy atom. The molecule has 18 heavy (non-hydrogen) atoms. The third-order valence-corrected chi connectivity index (χ3v) is 3.56. The molecule has 7 heteroatoms. The summed E-state index contributed by atoms with van der Waals surface area (Å²) in [6.45, 7) is 4.63. The van der Waals surface area contributed by atoms with Gasteiger partial charge >= 0.3 is 0 Å². The Kier molecular flexibility index (Phi) is 6.00. The molecule has 106 valence electrons. The van der Waals surface area contributed by atoms with Crippen LogP contribution in [0.3, 0.4) is 0 Å². The third-order valence-electron chi connectivity index (χ3n) is 3.56. The molecule has 6 nitrogen and oxygen atoms in total. The van der Waals surface area contributed by atoms with E-state index in [9.17, 15) is 9.90 Å². The summed E-state index contributed by atoms with van der Waals surface area (Å²) in [5, 5.41) is 19.0. The molecule has 0 aromatic carbocycles. The van der Waals surface area contributed by atoms with E-state index in [-0.39, 0.29) is 35.2 Å². The van der Waals surface area contributed by atoms with Gasteiger partial charge in [-0.25, -0.2) is 0 Å². The molecule has 2 unspecified atom stereocenters. The highest BCUT2D eigenvalue weighted by Gasteiger charge is 2.35. The maximum Gasteiger partial charge on any atom is 0.276 e. The molecule has 3 atom stereocenters. The van der Waals surface area contributed by atoms with Crippen molar-refractivity contribution in [1.82, 2.24) is 16.0 Å². The number of rotatable bonds is 3. The monoisotopic (exact) mass is 322 g/mol. The fourth-order valence-electron chi connectivity index (χ4n) is 2.64. The van der Waals surface area contributed by atoms with Crippen LogP contribution in [-0.2, 0) is 4.79 Å². The summed E-state index contributed by atoms with van der Waals surface area (Å²) in [5.74, 6) is 0.0581. The number of piperazine rings is 1. The number of aliphatic hydroxyl groups excluding tert-OH is 1. The van der Waals surface area contributed by atoms with E-state index < -0.39 is 0 Å². The van der Waals surface area contributed by atoms with Crippen molar-refractivity contribution in [2.24, 2.45) is 0 Å². The van der Waals surface area contributed by atoms with Crippen LogP contribution in [0, 0.1) is 0 Å². The topological polar surface area (TPSA) is 73.4 Å². The Labute approximate surface area is 118 Å². The predicted molar refractivity (Wildman–Crippen MR) is 64.2 cm³/mol. The lowest BCUT2D eigenvalue weighted by Gasteiger charge is -2.30. The fourth-order valence-corrected chi connectivity index (χ4v) is 2.64. The first-order chi connectivity index (χ1) is 8.07. The number of carbonyl (C=O) groups is 1. The van der Waals surface area contributed by atoms with Crippen molar-refractivity contribution in [2.75, 3.05) is 46.3 Å². The molecule has 0 radical (unpaired) electrons. The van der Waals surface area contributed by atoms with Crippen molar-refractivity contribution >= 4 is 5.91 Å². The number of likely N-dealkylation sites (N-methyl/N-ethyl adjacent to an activating group) is 1. The molecule has 2 saturated heterocycles. The van der Waals surface area contributed by atoms with Gasteiger partial charge < -0.3 is 37.2 Å². The summed E-state index contributed by atoms with van der Waals surface area (Å²) >= 11 is 0. The van der Waals surface area contributed by atoms with Crippen LogP contribution < -0.4 is 32.9 Å². The second-order valence-corrected chi connectivity index (χ2v) is 5.40. The number of carbonyl (C=O) groups excluding carboxylic acids is 1. The van der Waals surface area contributed by atoms with Crippen LogP contribution in [0.4, 0.5) is 0 Å². The molecule has 0 saturated carbocycles. The molecule has 1 amide bonds. The number of halogens is 1. The number of quaternary nitrogens is 1. The van der Waals surface area contributed by atoms with E-state index in [0.29, 0.717) is 17.6 Å². The molecule has 0 bridgehead atoms. The summed E-state index contributed by atoms with van der Waals surface area (Å²) in [5.41, 5.74) is 0. The molecule has 0 aliphatic carbocycles. The number of likely N-dealkylation sites (tertiary alicyclic amines) is 1. The van der Waals surface area contributed by atoms with Crippen LogP contribution in [-0.4, -0.2) is 74.1 Å². The lowest BCUT2D eigenvalue weighted by Crippen LogP contribution is -3.00. The first kappa shape index (κ1) is 15.8. The zero-order chi connectivity index (χ0) is 12.3. The van der Waals surface area contributed by atoms with Gasteiger partial charge in [-0.15, -0.1) is 0 Å². The van der Waals surface area contributed by atoms with Gasteiger partial charge in [0.25, 0.3) is 5.91 Å². The van der Waals surface area contributed by atoms with E-state index in [0.717, 1.165) is 32.6 Å². The first-order valence-corrected chi connectivity index (χ1v) is 6.32. The maximum atomic E-state index is 11.9. The number of amides is 1. The van der Waals surface area contributed by atoms with Gasteiger partial charge in [0.05, 0.1) is 19.8 Å². The summed E-state index contributed by atoms with van der Waals surface area (Å²) < 4.78 is 0.646. The molecular weight excluding hydrogens is 300 g/mol. The molecule has 2 rings (SSSR count). The minimum Gasteiger partial charge on any atom is -1.00 e. The second kappa shape index (κ2) is 6.81. The standard InChI is InChI=1S/C11H22N4O2.BrH/c1-15(5-2-9(16)7-15)8-11(17)14-10-6-12-3-4-13-10;/h9-10,12-13,16H,2-8H2,1H3;1H/t9?,10?,15-;/m1./s1. The number of hydrogen-bond donors (Lipinski definition) is 4. The quantitative estimate of drug-likeness (QED) is 0.392. The van der Waals surface area contributed by atoms with Gasteiger partial charge in [0.15, 0.2) is 6.54 Å². The van der Waals surface area contributed by atoms with E-state index in [1.165, 1.54) is 0 Å². The average Bonchev–Trinajstić information content (AvgIpc) is 2.59. The minimum atomic E-state index is -0.248. The highest BCUT2D eigenvalue weighted by atomic mass is 79.9. The lowest BCUT2D eigenvalue weighted by atomic mass is 10.3. The average molecular weight is 323 g/mol. The maximum absolute atomic E-state index is 11.9. The first-order valence-electron chi connectivity index (χ1n) is 6.32. The Morgan fingerprint density at radius 1 is 1.50 bits per heavy atom. The normalized spacial score (nSPS) is 35.9. The summed E-state index contributed by atoms with van der Waals surface area (Å²) in [4.78, 5) is 11.9. The van der Waals surface area contributed by atoms with E-state index >= 15 is 0 Å². The van der Waals surface area contributed by atoms with Gasteiger partial charge in [0.1, 0.15) is 12.6 Å². The molecular formula is C11H23BrN4O2. The predicted octanol–water partition coefficient (Wildman–Crippen LogP) is -5.16.